The molecule has 1 rings (SSSR count). The van der Waals surface area contributed by atoms with E-state index < -0.39 is 6.10 Å². The Morgan fingerprint density at radius 1 is 1.46 bits per heavy atom. The molecule has 3 nitrogen and oxygen atoms in total. The summed E-state index contributed by atoms with van der Waals surface area (Å²) in [6.45, 7) is 0.477. The number of aliphatic hydroxyl groups is 1. The Morgan fingerprint density at radius 3 is 2.77 bits per heavy atom. The van der Waals surface area contributed by atoms with Gasteiger partial charge in [0.2, 0.25) is 0 Å². The minimum absolute atomic E-state index is 0.477. The summed E-state index contributed by atoms with van der Waals surface area (Å²) in [5.41, 5.74) is 1.39. The van der Waals surface area contributed by atoms with Gasteiger partial charge in [0.1, 0.15) is 0 Å². The van der Waals surface area contributed by atoms with Gasteiger partial charge in [-0.05, 0) is 18.1 Å². The standard InChI is InChI=1S/C9H13BNO2/c1-11-6-9(12)7-4-2-3-5-8(7)10-13/h2-5,9,11-13H,6H2,1H3. The minimum Gasteiger partial charge on any atom is -0.450 e. The van der Waals surface area contributed by atoms with Crippen molar-refractivity contribution in [2.24, 2.45) is 0 Å². The van der Waals surface area contributed by atoms with E-state index in [1.807, 2.05) is 12.1 Å². The predicted octanol–water partition coefficient (Wildman–Crippen LogP) is -0.824. The average Bonchev–Trinajstić information content (AvgIpc) is 2.18. The number of aliphatic hydroxyl groups excluding tert-OH is 1. The van der Waals surface area contributed by atoms with E-state index in [1.165, 1.54) is 0 Å². The van der Waals surface area contributed by atoms with Gasteiger partial charge in [0.15, 0.2) is 0 Å². The maximum absolute atomic E-state index is 9.64. The van der Waals surface area contributed by atoms with E-state index in [9.17, 15) is 5.11 Å². The largest absolute Gasteiger partial charge is 0.450 e. The summed E-state index contributed by atoms with van der Waals surface area (Å²) >= 11 is 0. The van der Waals surface area contributed by atoms with Gasteiger partial charge in [0.05, 0.1) is 6.10 Å². The maximum atomic E-state index is 9.64. The molecule has 1 atom stereocenters. The smallest absolute Gasteiger partial charge is 0.327 e. The van der Waals surface area contributed by atoms with E-state index in [2.05, 4.69) is 5.32 Å². The van der Waals surface area contributed by atoms with Crippen molar-refractivity contribution in [1.82, 2.24) is 5.32 Å². The molecule has 1 aromatic carbocycles. The van der Waals surface area contributed by atoms with Crippen LogP contribution in [0.3, 0.4) is 0 Å². The second-order valence-electron chi connectivity index (χ2n) is 2.83. The maximum Gasteiger partial charge on any atom is 0.327 e. The number of benzene rings is 1. The SMILES string of the molecule is CNCC(O)c1ccccc1[B]O. The first-order valence-electron chi connectivity index (χ1n) is 4.18. The molecule has 1 unspecified atom stereocenters. The summed E-state index contributed by atoms with van der Waals surface area (Å²) in [6.07, 6.45) is -0.579. The molecule has 0 spiro atoms. The van der Waals surface area contributed by atoms with Gasteiger partial charge in [-0.15, -0.1) is 0 Å². The van der Waals surface area contributed by atoms with Crippen molar-refractivity contribution >= 4 is 12.9 Å². The third kappa shape index (κ3) is 2.55. The third-order valence-corrected chi connectivity index (χ3v) is 1.89. The van der Waals surface area contributed by atoms with Crippen molar-refractivity contribution in [2.45, 2.75) is 6.10 Å². The van der Waals surface area contributed by atoms with Gasteiger partial charge in [-0.25, -0.2) is 0 Å². The van der Waals surface area contributed by atoms with Gasteiger partial charge >= 0.3 is 7.48 Å². The van der Waals surface area contributed by atoms with E-state index in [-0.39, 0.29) is 0 Å². The molecule has 69 valence electrons. The monoisotopic (exact) mass is 178 g/mol. The van der Waals surface area contributed by atoms with E-state index in [0.29, 0.717) is 12.0 Å². The first-order valence-corrected chi connectivity index (χ1v) is 4.18. The number of rotatable bonds is 4. The lowest BCUT2D eigenvalue weighted by Gasteiger charge is -2.13. The fourth-order valence-electron chi connectivity index (χ4n) is 1.24. The molecule has 0 heterocycles. The molecule has 0 bridgehead atoms. The van der Waals surface area contributed by atoms with Crippen molar-refractivity contribution in [1.29, 1.82) is 0 Å². The summed E-state index contributed by atoms with van der Waals surface area (Å²) in [5, 5.41) is 21.4. The van der Waals surface area contributed by atoms with E-state index in [0.717, 1.165) is 13.0 Å². The molecule has 0 saturated carbocycles. The van der Waals surface area contributed by atoms with Crippen LogP contribution in [0.25, 0.3) is 0 Å². The lowest BCUT2D eigenvalue weighted by Crippen LogP contribution is -2.26. The van der Waals surface area contributed by atoms with Crippen molar-refractivity contribution in [2.75, 3.05) is 13.6 Å². The average molecular weight is 178 g/mol. The molecule has 4 heteroatoms. The zero-order valence-corrected chi connectivity index (χ0v) is 7.57. The van der Waals surface area contributed by atoms with Gasteiger partial charge in [0, 0.05) is 6.54 Å². The molecule has 0 aliphatic heterocycles. The van der Waals surface area contributed by atoms with Crippen molar-refractivity contribution < 1.29 is 10.1 Å². The van der Waals surface area contributed by atoms with E-state index in [1.54, 1.807) is 19.2 Å². The van der Waals surface area contributed by atoms with E-state index >= 15 is 0 Å². The summed E-state index contributed by atoms with van der Waals surface area (Å²) in [4.78, 5) is 0. The highest BCUT2D eigenvalue weighted by atomic mass is 16.3. The van der Waals surface area contributed by atoms with Crippen LogP contribution < -0.4 is 10.8 Å². The second-order valence-corrected chi connectivity index (χ2v) is 2.83. The zero-order chi connectivity index (χ0) is 9.68. The summed E-state index contributed by atoms with van der Waals surface area (Å²) in [6, 6.07) is 7.21. The highest BCUT2D eigenvalue weighted by molar-refractivity contribution is 6.46. The Morgan fingerprint density at radius 2 is 2.15 bits per heavy atom. The van der Waals surface area contributed by atoms with Crippen LogP contribution in [0.2, 0.25) is 0 Å². The van der Waals surface area contributed by atoms with Gasteiger partial charge in [-0.3, -0.25) is 0 Å². The minimum atomic E-state index is -0.579. The molecule has 13 heavy (non-hydrogen) atoms. The molecular weight excluding hydrogens is 165 g/mol. The first kappa shape index (κ1) is 10.2. The Kier molecular flexibility index (Phi) is 3.95. The van der Waals surface area contributed by atoms with Crippen molar-refractivity contribution in [3.63, 3.8) is 0 Å². The van der Waals surface area contributed by atoms with Crippen molar-refractivity contribution in [3.05, 3.63) is 29.8 Å². The lowest BCUT2D eigenvalue weighted by atomic mass is 9.82. The first-order chi connectivity index (χ1) is 6.29. The van der Waals surface area contributed by atoms with Crippen LogP contribution >= 0.6 is 0 Å². The van der Waals surface area contributed by atoms with Gasteiger partial charge in [-0.1, -0.05) is 24.3 Å². The van der Waals surface area contributed by atoms with E-state index in [4.69, 9.17) is 5.02 Å². The number of hydrogen-bond donors (Lipinski definition) is 3. The molecule has 0 amide bonds. The predicted molar refractivity (Wildman–Crippen MR) is 52.9 cm³/mol. The van der Waals surface area contributed by atoms with Crippen LogP contribution in [-0.2, 0) is 0 Å². The van der Waals surface area contributed by atoms with Crippen LogP contribution in [-0.4, -0.2) is 31.2 Å². The second kappa shape index (κ2) is 5.02. The Hall–Kier alpha value is -0.835. The molecule has 3 N–H and O–H groups in total. The molecule has 1 radical (unpaired) electrons. The Balaban J connectivity index is 2.85. The normalized spacial score (nSPS) is 12.5. The quantitative estimate of drug-likeness (QED) is 0.528. The summed E-state index contributed by atoms with van der Waals surface area (Å²) in [7, 11) is 2.78. The Bertz CT molecular complexity index is 268. The summed E-state index contributed by atoms with van der Waals surface area (Å²) < 4.78 is 0. The number of hydrogen-bond acceptors (Lipinski definition) is 3. The molecule has 0 aliphatic carbocycles. The topological polar surface area (TPSA) is 52.5 Å². The van der Waals surface area contributed by atoms with Crippen LogP contribution in [0.5, 0.6) is 0 Å². The molecule has 0 fully saturated rings. The van der Waals surface area contributed by atoms with Crippen molar-refractivity contribution in [3.8, 4) is 0 Å². The van der Waals surface area contributed by atoms with Crippen LogP contribution in [0, 0.1) is 0 Å². The number of nitrogens with one attached hydrogen (secondary N) is 1. The molecule has 0 aliphatic rings. The zero-order valence-electron chi connectivity index (χ0n) is 7.57. The molecule has 0 saturated heterocycles. The van der Waals surface area contributed by atoms with Crippen LogP contribution in [0.15, 0.2) is 24.3 Å². The van der Waals surface area contributed by atoms with Crippen LogP contribution in [0.1, 0.15) is 11.7 Å². The Labute approximate surface area is 78.7 Å². The molecule has 1 aromatic rings. The lowest BCUT2D eigenvalue weighted by molar-refractivity contribution is 0.178. The van der Waals surface area contributed by atoms with Crippen LogP contribution in [0.4, 0.5) is 0 Å². The fraction of sp³-hybridized carbons (Fsp3) is 0.333. The molecule has 0 aromatic heterocycles. The highest BCUT2D eigenvalue weighted by Gasteiger charge is 2.10. The van der Waals surface area contributed by atoms with Gasteiger partial charge in [-0.2, -0.15) is 0 Å². The summed E-state index contributed by atoms with van der Waals surface area (Å²) in [5.74, 6) is 0. The third-order valence-electron chi connectivity index (χ3n) is 1.89. The van der Waals surface area contributed by atoms with Gasteiger partial charge < -0.3 is 15.4 Å². The highest BCUT2D eigenvalue weighted by Crippen LogP contribution is 2.07. The number of likely N-dealkylation sites (N-methyl/N-ethyl adjacent to an activating group) is 1. The molecular formula is C9H13BNO2. The van der Waals surface area contributed by atoms with Gasteiger partial charge in [0.25, 0.3) is 0 Å². The fourth-order valence-corrected chi connectivity index (χ4v) is 1.24.